The molecule has 1 aromatic heterocycles. The molecule has 1 aromatic rings. The molecule has 0 radical (unpaired) electrons. The molecule has 0 aliphatic carbocycles. The zero-order valence-corrected chi connectivity index (χ0v) is 16.7. The van der Waals surface area contributed by atoms with E-state index >= 15 is 0 Å². The Morgan fingerprint density at radius 3 is 2.61 bits per heavy atom. The second-order valence-corrected chi connectivity index (χ2v) is 8.23. The highest BCUT2D eigenvalue weighted by Crippen LogP contribution is 2.27. The number of ether oxygens (including phenoxy) is 1. The van der Waals surface area contributed by atoms with E-state index in [0.29, 0.717) is 44.2 Å². The minimum atomic E-state index is -0.738. The van der Waals surface area contributed by atoms with E-state index in [0.717, 1.165) is 0 Å². The predicted molar refractivity (Wildman–Crippen MR) is 101 cm³/mol. The number of nitrogens with one attached hydrogen (secondary N) is 3. The van der Waals surface area contributed by atoms with Crippen LogP contribution in [0.1, 0.15) is 39.2 Å². The molecule has 154 valence electrons. The number of anilines is 1. The van der Waals surface area contributed by atoms with Gasteiger partial charge in [0, 0.05) is 31.6 Å². The summed E-state index contributed by atoms with van der Waals surface area (Å²) in [6.07, 6.45) is -0.259. The molecule has 2 saturated heterocycles. The van der Waals surface area contributed by atoms with Crippen LogP contribution in [0.3, 0.4) is 0 Å². The third-order valence-corrected chi connectivity index (χ3v) is 4.93. The average Bonchev–Trinajstić information content (AvgIpc) is 3.00. The van der Waals surface area contributed by atoms with Crippen LogP contribution in [0.4, 0.5) is 5.82 Å². The van der Waals surface area contributed by atoms with Gasteiger partial charge in [0.05, 0.1) is 18.9 Å². The van der Waals surface area contributed by atoms with Gasteiger partial charge in [-0.2, -0.15) is 5.10 Å². The molecule has 3 amide bonds. The number of nitrogens with zero attached hydrogens (tertiary/aromatic N) is 3. The first kappa shape index (κ1) is 20.3. The molecule has 10 nitrogen and oxygen atoms in total. The van der Waals surface area contributed by atoms with Crippen LogP contribution < -0.4 is 16.0 Å². The Labute approximate surface area is 164 Å². The largest absolute Gasteiger partial charge is 0.378 e. The van der Waals surface area contributed by atoms with Crippen molar-refractivity contribution in [3.8, 4) is 0 Å². The first-order chi connectivity index (χ1) is 13.1. The van der Waals surface area contributed by atoms with Crippen LogP contribution in [0.5, 0.6) is 0 Å². The fraction of sp³-hybridized carbons (Fsp3) is 0.667. The minimum absolute atomic E-state index is 0.0608. The predicted octanol–water partition coefficient (Wildman–Crippen LogP) is -0.0309. The van der Waals surface area contributed by atoms with Crippen LogP contribution in [-0.4, -0.2) is 64.7 Å². The molecule has 2 unspecified atom stereocenters. The summed E-state index contributed by atoms with van der Waals surface area (Å²) in [5, 5.41) is 13.2. The van der Waals surface area contributed by atoms with Crippen molar-refractivity contribution < 1.29 is 19.1 Å². The van der Waals surface area contributed by atoms with Crippen molar-refractivity contribution in [3.63, 3.8) is 0 Å². The summed E-state index contributed by atoms with van der Waals surface area (Å²) in [4.78, 5) is 38.5. The van der Waals surface area contributed by atoms with Gasteiger partial charge in [-0.05, 0) is 12.3 Å². The number of morpholine rings is 1. The maximum atomic E-state index is 12.5. The van der Waals surface area contributed by atoms with Gasteiger partial charge >= 0.3 is 11.8 Å². The van der Waals surface area contributed by atoms with Gasteiger partial charge in [-0.1, -0.05) is 20.8 Å². The summed E-state index contributed by atoms with van der Waals surface area (Å²) in [6.45, 7) is 9.55. The molecular weight excluding hydrogens is 364 g/mol. The molecule has 3 N–H and O–H groups in total. The standard InChI is InChI=1S/C18H28N6O4/c1-11-9-13(20-15(26)16(27)23-5-7-28-8-6-23)24(22-11)17-19-12(18(2,3)4)10-14(25)21-17/h9,12,17,19H,5-8,10H2,1-4H3,(H,20,26)(H,21,25). The van der Waals surface area contributed by atoms with Crippen molar-refractivity contribution in [3.05, 3.63) is 11.8 Å². The van der Waals surface area contributed by atoms with E-state index in [1.165, 1.54) is 9.58 Å². The third-order valence-electron chi connectivity index (χ3n) is 4.93. The molecule has 0 saturated carbocycles. The lowest BCUT2D eigenvalue weighted by Crippen LogP contribution is -2.57. The Morgan fingerprint density at radius 2 is 1.96 bits per heavy atom. The second kappa shape index (κ2) is 7.88. The van der Waals surface area contributed by atoms with Crippen molar-refractivity contribution in [1.29, 1.82) is 0 Å². The van der Waals surface area contributed by atoms with E-state index in [2.05, 4.69) is 41.8 Å². The first-order valence-corrected chi connectivity index (χ1v) is 9.45. The van der Waals surface area contributed by atoms with Crippen LogP contribution in [-0.2, 0) is 19.1 Å². The van der Waals surface area contributed by atoms with E-state index in [9.17, 15) is 14.4 Å². The minimum Gasteiger partial charge on any atom is -0.378 e. The van der Waals surface area contributed by atoms with Gasteiger partial charge in [0.2, 0.25) is 5.91 Å². The molecule has 10 heteroatoms. The van der Waals surface area contributed by atoms with E-state index in [1.807, 2.05) is 0 Å². The average molecular weight is 392 g/mol. The van der Waals surface area contributed by atoms with Crippen molar-refractivity contribution in [2.75, 3.05) is 31.6 Å². The Bertz CT molecular complexity index is 763. The topological polar surface area (TPSA) is 118 Å². The number of aryl methyl sites for hydroxylation is 1. The van der Waals surface area contributed by atoms with Crippen LogP contribution in [0.2, 0.25) is 0 Å². The number of rotatable bonds is 2. The summed E-state index contributed by atoms with van der Waals surface area (Å²) < 4.78 is 6.70. The lowest BCUT2D eigenvalue weighted by molar-refractivity contribution is -0.145. The highest BCUT2D eigenvalue weighted by atomic mass is 16.5. The smallest absolute Gasteiger partial charge is 0.315 e. The van der Waals surface area contributed by atoms with Crippen LogP contribution in [0.15, 0.2) is 6.07 Å². The molecule has 2 aliphatic heterocycles. The Hall–Kier alpha value is -2.46. The van der Waals surface area contributed by atoms with Crippen molar-refractivity contribution in [2.45, 2.75) is 46.4 Å². The van der Waals surface area contributed by atoms with Crippen LogP contribution in [0, 0.1) is 12.3 Å². The number of carbonyl (C=O) groups is 3. The number of hydrogen-bond donors (Lipinski definition) is 3. The number of carbonyl (C=O) groups excluding carboxylic acids is 3. The highest BCUT2D eigenvalue weighted by Gasteiger charge is 2.35. The number of hydrogen-bond acceptors (Lipinski definition) is 6. The summed E-state index contributed by atoms with van der Waals surface area (Å²) in [5.74, 6) is -1.10. The van der Waals surface area contributed by atoms with Crippen LogP contribution in [0.25, 0.3) is 0 Å². The van der Waals surface area contributed by atoms with Gasteiger partial charge < -0.3 is 20.3 Å². The van der Waals surface area contributed by atoms with Gasteiger partial charge in [0.15, 0.2) is 6.29 Å². The lowest BCUT2D eigenvalue weighted by atomic mass is 9.84. The fourth-order valence-electron chi connectivity index (χ4n) is 3.26. The Balaban J connectivity index is 1.76. The van der Waals surface area contributed by atoms with Crippen molar-refractivity contribution >= 4 is 23.5 Å². The van der Waals surface area contributed by atoms with E-state index in [4.69, 9.17) is 4.74 Å². The maximum Gasteiger partial charge on any atom is 0.315 e. The van der Waals surface area contributed by atoms with Crippen molar-refractivity contribution in [2.24, 2.45) is 5.41 Å². The first-order valence-electron chi connectivity index (χ1n) is 9.45. The molecule has 3 heterocycles. The van der Waals surface area contributed by atoms with Crippen molar-refractivity contribution in [1.82, 2.24) is 25.3 Å². The normalized spacial score (nSPS) is 23.3. The van der Waals surface area contributed by atoms with Gasteiger partial charge in [-0.15, -0.1) is 0 Å². The molecule has 0 aromatic carbocycles. The zero-order chi connectivity index (χ0) is 20.5. The molecule has 28 heavy (non-hydrogen) atoms. The third kappa shape index (κ3) is 4.50. The van der Waals surface area contributed by atoms with E-state index in [1.54, 1.807) is 13.0 Å². The Kier molecular flexibility index (Phi) is 5.71. The summed E-state index contributed by atoms with van der Waals surface area (Å²) >= 11 is 0. The van der Waals surface area contributed by atoms with E-state index in [-0.39, 0.29) is 17.4 Å². The van der Waals surface area contributed by atoms with Gasteiger partial charge in [0.1, 0.15) is 5.82 Å². The lowest BCUT2D eigenvalue weighted by Gasteiger charge is -2.39. The van der Waals surface area contributed by atoms with E-state index < -0.39 is 18.1 Å². The quantitative estimate of drug-likeness (QED) is 0.609. The molecule has 2 atom stereocenters. The summed E-state index contributed by atoms with van der Waals surface area (Å²) in [7, 11) is 0. The molecular formula is C18H28N6O4. The highest BCUT2D eigenvalue weighted by molar-refractivity contribution is 6.39. The number of amides is 3. The maximum absolute atomic E-state index is 12.5. The second-order valence-electron chi connectivity index (χ2n) is 8.23. The van der Waals surface area contributed by atoms with Crippen LogP contribution >= 0.6 is 0 Å². The van der Waals surface area contributed by atoms with Gasteiger partial charge in [-0.3, -0.25) is 19.7 Å². The van der Waals surface area contributed by atoms with Gasteiger partial charge in [-0.25, -0.2) is 4.68 Å². The molecule has 2 aliphatic rings. The molecule has 3 rings (SSSR count). The zero-order valence-electron chi connectivity index (χ0n) is 16.7. The Morgan fingerprint density at radius 1 is 1.29 bits per heavy atom. The number of aromatic nitrogens is 2. The molecule has 2 fully saturated rings. The SMILES string of the molecule is Cc1cc(NC(=O)C(=O)N2CCOCC2)n(C2NC(=O)CC(C(C)(C)C)N2)n1. The summed E-state index contributed by atoms with van der Waals surface area (Å²) in [5.41, 5.74) is 0.525. The summed E-state index contributed by atoms with van der Waals surface area (Å²) in [6, 6.07) is 1.60. The molecule has 0 spiro atoms. The monoisotopic (exact) mass is 392 g/mol. The molecule has 0 bridgehead atoms. The van der Waals surface area contributed by atoms with Gasteiger partial charge in [0.25, 0.3) is 0 Å². The fourth-order valence-corrected chi connectivity index (χ4v) is 3.26.